The first-order valence-electron chi connectivity index (χ1n) is 5.07. The van der Waals surface area contributed by atoms with E-state index in [0.29, 0.717) is 6.04 Å². The minimum atomic E-state index is 0.631. The second-order valence-corrected chi connectivity index (χ2v) is 4.46. The van der Waals surface area contributed by atoms with Gasteiger partial charge < -0.3 is 0 Å². The van der Waals surface area contributed by atoms with Crippen molar-refractivity contribution in [1.29, 1.82) is 0 Å². The van der Waals surface area contributed by atoms with E-state index >= 15 is 0 Å². The van der Waals surface area contributed by atoms with Gasteiger partial charge in [0.1, 0.15) is 0 Å². The van der Waals surface area contributed by atoms with Crippen molar-refractivity contribution in [2.24, 2.45) is 5.92 Å². The summed E-state index contributed by atoms with van der Waals surface area (Å²) in [6.07, 6.45) is 4.31. The Bertz CT molecular complexity index is 141. The van der Waals surface area contributed by atoms with Gasteiger partial charge in [0.15, 0.2) is 0 Å². The molecule has 0 saturated heterocycles. The molecule has 13 heavy (non-hydrogen) atoms. The summed E-state index contributed by atoms with van der Waals surface area (Å²) in [5, 5.41) is 0. The summed E-state index contributed by atoms with van der Waals surface area (Å²) in [7, 11) is 0. The van der Waals surface area contributed by atoms with Crippen LogP contribution in [0, 0.1) is 5.92 Å². The van der Waals surface area contributed by atoms with Crippen LogP contribution < -0.4 is 0 Å². The van der Waals surface area contributed by atoms with Gasteiger partial charge in [-0.05, 0) is 19.8 Å². The molecule has 0 spiro atoms. The van der Waals surface area contributed by atoms with Gasteiger partial charge in [0.2, 0.25) is 0 Å². The first kappa shape index (κ1) is 13.1. The Morgan fingerprint density at radius 1 is 1.15 bits per heavy atom. The molecular weight excluding hydrogens is 178 g/mol. The molecule has 0 unspecified atom stereocenters. The summed E-state index contributed by atoms with van der Waals surface area (Å²) >= 11 is 4.14. The zero-order valence-corrected chi connectivity index (χ0v) is 10.2. The predicted octanol–water partition coefficient (Wildman–Crippen LogP) is 2.84. The third kappa shape index (κ3) is 7.15. The summed E-state index contributed by atoms with van der Waals surface area (Å²) < 4.78 is 0. The first-order valence-corrected chi connectivity index (χ1v) is 5.71. The van der Waals surface area contributed by atoms with Crippen molar-refractivity contribution >= 4 is 12.6 Å². The maximum atomic E-state index is 4.14. The van der Waals surface area contributed by atoms with E-state index in [9.17, 15) is 0 Å². The summed E-state index contributed by atoms with van der Waals surface area (Å²) in [6.45, 7) is 11.2. The minimum Gasteiger partial charge on any atom is -0.297 e. The van der Waals surface area contributed by atoms with E-state index in [1.165, 1.54) is 6.54 Å². The lowest BCUT2D eigenvalue weighted by atomic mass is 10.2. The van der Waals surface area contributed by atoms with Crippen LogP contribution >= 0.6 is 12.6 Å². The van der Waals surface area contributed by atoms with E-state index < -0.39 is 0 Å². The zero-order chi connectivity index (χ0) is 10.3. The number of hydrogen-bond acceptors (Lipinski definition) is 2. The molecule has 2 heteroatoms. The number of nitrogens with zero attached hydrogens (tertiary/aromatic N) is 1. The summed E-state index contributed by atoms with van der Waals surface area (Å²) in [5.74, 6) is 1.58. The van der Waals surface area contributed by atoms with Gasteiger partial charge in [0.25, 0.3) is 0 Å². The lowest BCUT2D eigenvalue weighted by Gasteiger charge is -2.26. The van der Waals surface area contributed by atoms with Crippen LogP contribution in [0.3, 0.4) is 0 Å². The smallest absolute Gasteiger partial charge is 0.0166 e. The van der Waals surface area contributed by atoms with Gasteiger partial charge in [-0.25, -0.2) is 0 Å². The normalized spacial score (nSPS) is 12.6. The molecule has 0 fully saturated rings. The van der Waals surface area contributed by atoms with Gasteiger partial charge in [-0.3, -0.25) is 4.90 Å². The molecule has 0 bridgehead atoms. The largest absolute Gasteiger partial charge is 0.297 e. The minimum absolute atomic E-state index is 0.631. The van der Waals surface area contributed by atoms with E-state index in [1.807, 2.05) is 0 Å². The Morgan fingerprint density at radius 2 is 1.77 bits per heavy atom. The van der Waals surface area contributed by atoms with Crippen molar-refractivity contribution < 1.29 is 0 Å². The maximum Gasteiger partial charge on any atom is 0.0166 e. The fraction of sp³-hybridized carbons (Fsp3) is 0.818. The van der Waals surface area contributed by atoms with Gasteiger partial charge in [-0.2, -0.15) is 12.6 Å². The molecule has 78 valence electrons. The highest BCUT2D eigenvalue weighted by atomic mass is 32.1. The Morgan fingerprint density at radius 3 is 2.15 bits per heavy atom. The highest BCUT2D eigenvalue weighted by Gasteiger charge is 2.08. The molecule has 0 aliphatic rings. The van der Waals surface area contributed by atoms with E-state index in [4.69, 9.17) is 0 Å². The average Bonchev–Trinajstić information content (AvgIpc) is 2.02. The Hall–Kier alpha value is 0.0500. The maximum absolute atomic E-state index is 4.14. The predicted molar refractivity (Wildman–Crippen MR) is 64.5 cm³/mol. The van der Waals surface area contributed by atoms with Crippen molar-refractivity contribution in [1.82, 2.24) is 4.90 Å². The highest BCUT2D eigenvalue weighted by molar-refractivity contribution is 7.80. The fourth-order valence-electron chi connectivity index (χ4n) is 1.25. The van der Waals surface area contributed by atoms with Gasteiger partial charge in [-0.1, -0.05) is 26.0 Å². The molecule has 0 aromatic rings. The second-order valence-electron chi connectivity index (χ2n) is 4.10. The van der Waals surface area contributed by atoms with Crippen LogP contribution in [0.1, 0.15) is 27.7 Å². The average molecular weight is 201 g/mol. The van der Waals surface area contributed by atoms with Crippen LogP contribution in [0.15, 0.2) is 12.2 Å². The van der Waals surface area contributed by atoms with Crippen molar-refractivity contribution in [3.05, 3.63) is 12.2 Å². The lowest BCUT2D eigenvalue weighted by Crippen LogP contribution is -2.34. The molecular formula is C11H23NS. The Labute approximate surface area is 88.6 Å². The highest BCUT2D eigenvalue weighted by Crippen LogP contribution is 2.03. The van der Waals surface area contributed by atoms with Crippen LogP contribution in [-0.4, -0.2) is 29.8 Å². The SMILES string of the molecule is CC(C)CN(CC=CCS)C(C)C. The van der Waals surface area contributed by atoms with Crippen LogP contribution in [0.2, 0.25) is 0 Å². The zero-order valence-electron chi connectivity index (χ0n) is 9.33. The van der Waals surface area contributed by atoms with Crippen LogP contribution in [0.4, 0.5) is 0 Å². The summed E-state index contributed by atoms with van der Waals surface area (Å²) in [4.78, 5) is 2.48. The number of thiol groups is 1. The third-order valence-electron chi connectivity index (χ3n) is 1.94. The Balaban J connectivity index is 3.87. The van der Waals surface area contributed by atoms with Gasteiger partial charge in [-0.15, -0.1) is 0 Å². The monoisotopic (exact) mass is 201 g/mol. The molecule has 0 aliphatic carbocycles. The molecule has 0 N–H and O–H groups in total. The van der Waals surface area contributed by atoms with Crippen molar-refractivity contribution in [3.63, 3.8) is 0 Å². The first-order chi connectivity index (χ1) is 6.07. The van der Waals surface area contributed by atoms with Crippen molar-refractivity contribution in [2.45, 2.75) is 33.7 Å². The van der Waals surface area contributed by atoms with Gasteiger partial charge >= 0.3 is 0 Å². The van der Waals surface area contributed by atoms with Gasteiger partial charge in [0, 0.05) is 24.9 Å². The number of hydrogen-bond donors (Lipinski definition) is 1. The van der Waals surface area contributed by atoms with Crippen molar-refractivity contribution in [3.8, 4) is 0 Å². The Kier molecular flexibility index (Phi) is 7.48. The second kappa shape index (κ2) is 7.45. The molecule has 0 aliphatic heterocycles. The van der Waals surface area contributed by atoms with E-state index in [2.05, 4.69) is 57.4 Å². The molecule has 0 saturated carbocycles. The lowest BCUT2D eigenvalue weighted by molar-refractivity contribution is 0.219. The third-order valence-corrected chi connectivity index (χ3v) is 2.15. The van der Waals surface area contributed by atoms with Crippen molar-refractivity contribution in [2.75, 3.05) is 18.8 Å². The summed E-state index contributed by atoms with van der Waals surface area (Å²) in [5.41, 5.74) is 0. The molecule has 0 rings (SSSR count). The van der Waals surface area contributed by atoms with Crippen LogP contribution in [0.5, 0.6) is 0 Å². The van der Waals surface area contributed by atoms with Crippen LogP contribution in [-0.2, 0) is 0 Å². The molecule has 0 atom stereocenters. The summed E-state index contributed by atoms with van der Waals surface area (Å²) in [6, 6.07) is 0.631. The molecule has 1 nitrogen and oxygen atoms in total. The molecule has 0 heterocycles. The molecule has 0 radical (unpaired) electrons. The van der Waals surface area contributed by atoms with Crippen LogP contribution in [0.25, 0.3) is 0 Å². The van der Waals surface area contributed by atoms with E-state index in [1.54, 1.807) is 0 Å². The van der Waals surface area contributed by atoms with E-state index in [-0.39, 0.29) is 0 Å². The standard InChI is InChI=1S/C11H23NS/c1-10(2)9-12(11(3)4)7-5-6-8-13/h5-6,10-11,13H,7-9H2,1-4H3. The van der Waals surface area contributed by atoms with Gasteiger partial charge in [0.05, 0.1) is 0 Å². The molecule has 0 aromatic carbocycles. The molecule has 0 aromatic heterocycles. The molecule has 0 amide bonds. The number of rotatable bonds is 6. The quantitative estimate of drug-likeness (QED) is 0.511. The van der Waals surface area contributed by atoms with E-state index in [0.717, 1.165) is 18.2 Å². The fourth-order valence-corrected chi connectivity index (χ4v) is 1.40. The topological polar surface area (TPSA) is 3.24 Å².